The van der Waals surface area contributed by atoms with Gasteiger partial charge in [0.15, 0.2) is 0 Å². The second-order valence-electron chi connectivity index (χ2n) is 4.51. The van der Waals surface area contributed by atoms with Crippen molar-refractivity contribution in [1.82, 2.24) is 4.90 Å². The lowest BCUT2D eigenvalue weighted by Crippen LogP contribution is -2.37. The maximum absolute atomic E-state index is 8.74. The third-order valence-corrected chi connectivity index (χ3v) is 3.63. The summed E-state index contributed by atoms with van der Waals surface area (Å²) in [5.41, 5.74) is 1.20. The third-order valence-electron chi connectivity index (χ3n) is 3.38. The van der Waals surface area contributed by atoms with E-state index in [1.54, 1.807) is 0 Å². The first-order valence-electron chi connectivity index (χ1n) is 6.20. The lowest BCUT2D eigenvalue weighted by molar-refractivity contribution is 0.302. The van der Waals surface area contributed by atoms with Crippen LogP contribution in [0.5, 0.6) is 0 Å². The van der Waals surface area contributed by atoms with E-state index in [4.69, 9.17) is 16.9 Å². The predicted octanol–water partition coefficient (Wildman–Crippen LogP) is 3.77. The zero-order chi connectivity index (χ0) is 13.0. The lowest BCUT2D eigenvalue weighted by atomic mass is 10.0. The van der Waals surface area contributed by atoms with E-state index in [0.717, 1.165) is 36.7 Å². The Balaban J connectivity index is 2.21. The molecule has 4 heteroatoms. The Labute approximate surface area is 113 Å². The van der Waals surface area contributed by atoms with Gasteiger partial charge in [0.05, 0.1) is 6.04 Å². The summed E-state index contributed by atoms with van der Waals surface area (Å²) in [5.74, 6) is 0.909. The first-order chi connectivity index (χ1) is 8.72. The second-order valence-corrected chi connectivity index (χ2v) is 4.94. The minimum absolute atomic E-state index is 0.231. The van der Waals surface area contributed by atoms with E-state index in [2.05, 4.69) is 16.8 Å². The fourth-order valence-corrected chi connectivity index (χ4v) is 2.48. The normalized spacial score (nSPS) is 19.6. The van der Waals surface area contributed by atoms with E-state index in [1.165, 1.54) is 5.56 Å². The van der Waals surface area contributed by atoms with E-state index in [1.807, 2.05) is 30.5 Å². The highest BCUT2D eigenvalue weighted by molar-refractivity contribution is 6.30. The number of halogens is 1. The molecule has 0 saturated carbocycles. The van der Waals surface area contributed by atoms with Crippen LogP contribution in [0.15, 0.2) is 29.3 Å². The average Bonchev–Trinajstić information content (AvgIpc) is 2.40. The van der Waals surface area contributed by atoms with E-state index in [0.29, 0.717) is 0 Å². The van der Waals surface area contributed by atoms with Crippen molar-refractivity contribution in [2.45, 2.75) is 32.2 Å². The number of benzene rings is 1. The van der Waals surface area contributed by atoms with Gasteiger partial charge in [0.2, 0.25) is 6.19 Å². The van der Waals surface area contributed by atoms with E-state index >= 15 is 0 Å². The Morgan fingerprint density at radius 3 is 2.72 bits per heavy atom. The monoisotopic (exact) mass is 261 g/mol. The number of piperidine rings is 1. The number of likely N-dealkylation sites (tertiary alicyclic amines) is 1. The Morgan fingerprint density at radius 1 is 1.33 bits per heavy atom. The summed E-state index contributed by atoms with van der Waals surface area (Å²) in [5, 5.41) is 9.49. The van der Waals surface area contributed by atoms with Crippen LogP contribution < -0.4 is 0 Å². The van der Waals surface area contributed by atoms with Gasteiger partial charge >= 0.3 is 0 Å². The smallest absolute Gasteiger partial charge is 0.207 e. The fraction of sp³-hybridized carbons (Fsp3) is 0.429. The number of amidine groups is 1. The van der Waals surface area contributed by atoms with Crippen LogP contribution in [-0.2, 0) is 0 Å². The zero-order valence-corrected chi connectivity index (χ0v) is 11.2. The molecule has 0 spiro atoms. The minimum Gasteiger partial charge on any atom is -0.353 e. The van der Waals surface area contributed by atoms with Crippen molar-refractivity contribution in [2.24, 2.45) is 4.99 Å². The molecule has 0 aromatic heterocycles. The molecular formula is C14H16ClN3. The van der Waals surface area contributed by atoms with Crippen LogP contribution in [-0.4, -0.2) is 17.3 Å². The first-order valence-corrected chi connectivity index (χ1v) is 6.58. The summed E-state index contributed by atoms with van der Waals surface area (Å²) >= 11 is 5.90. The number of aliphatic imine (C=N–C) groups is 1. The highest BCUT2D eigenvalue weighted by atomic mass is 35.5. The molecular weight excluding hydrogens is 246 g/mol. The molecule has 94 valence electrons. The minimum atomic E-state index is 0.231. The summed E-state index contributed by atoms with van der Waals surface area (Å²) in [6, 6.07) is 8.10. The molecule has 1 saturated heterocycles. The first kappa shape index (κ1) is 12.9. The summed E-state index contributed by atoms with van der Waals surface area (Å²) in [6.45, 7) is 3.10. The van der Waals surface area contributed by atoms with Crippen molar-refractivity contribution in [3.8, 4) is 6.19 Å². The molecule has 0 N–H and O–H groups in total. The highest BCUT2D eigenvalue weighted by Crippen LogP contribution is 2.26. The van der Waals surface area contributed by atoms with Crippen molar-refractivity contribution < 1.29 is 0 Å². The fourth-order valence-electron chi connectivity index (χ4n) is 2.35. The second kappa shape index (κ2) is 5.88. The van der Waals surface area contributed by atoms with Crippen LogP contribution in [0.2, 0.25) is 5.02 Å². The van der Waals surface area contributed by atoms with Crippen molar-refractivity contribution in [3.63, 3.8) is 0 Å². The zero-order valence-electron chi connectivity index (χ0n) is 10.4. The number of nitriles is 1. The molecule has 1 aliphatic heterocycles. The molecule has 1 aromatic carbocycles. The topological polar surface area (TPSA) is 39.4 Å². The van der Waals surface area contributed by atoms with Gasteiger partial charge in [0.1, 0.15) is 5.84 Å². The maximum Gasteiger partial charge on any atom is 0.207 e. The van der Waals surface area contributed by atoms with Crippen LogP contribution in [0.1, 0.15) is 37.8 Å². The largest absolute Gasteiger partial charge is 0.353 e. The van der Waals surface area contributed by atoms with Crippen LogP contribution in [0.3, 0.4) is 0 Å². The van der Waals surface area contributed by atoms with Gasteiger partial charge in [-0.3, -0.25) is 0 Å². The molecule has 0 bridgehead atoms. The molecule has 1 fully saturated rings. The quantitative estimate of drug-likeness (QED) is 0.761. The van der Waals surface area contributed by atoms with Gasteiger partial charge in [0.25, 0.3) is 0 Å². The molecule has 1 aliphatic rings. The van der Waals surface area contributed by atoms with Gasteiger partial charge in [-0.2, -0.15) is 10.3 Å². The maximum atomic E-state index is 8.74. The van der Waals surface area contributed by atoms with Crippen molar-refractivity contribution >= 4 is 17.4 Å². The SMILES string of the molecule is CC(c1ccc(Cl)cc1)N1CCCCC1=NC#N. The van der Waals surface area contributed by atoms with Crippen LogP contribution >= 0.6 is 11.6 Å². The average molecular weight is 262 g/mol. The van der Waals surface area contributed by atoms with Crippen LogP contribution in [0, 0.1) is 11.5 Å². The Hall–Kier alpha value is -1.53. The molecule has 1 aromatic rings. The van der Waals surface area contributed by atoms with E-state index in [9.17, 15) is 0 Å². The summed E-state index contributed by atoms with van der Waals surface area (Å²) in [6.07, 6.45) is 5.07. The van der Waals surface area contributed by atoms with E-state index in [-0.39, 0.29) is 6.04 Å². The molecule has 0 amide bonds. The molecule has 3 nitrogen and oxygen atoms in total. The third kappa shape index (κ3) is 2.83. The molecule has 18 heavy (non-hydrogen) atoms. The summed E-state index contributed by atoms with van der Waals surface area (Å²) < 4.78 is 0. The number of hydrogen-bond acceptors (Lipinski definition) is 2. The molecule has 0 aliphatic carbocycles. The standard InChI is InChI=1S/C14H16ClN3/c1-11(12-5-7-13(15)8-6-12)18-9-3-2-4-14(18)17-10-16/h5-8,11H,2-4,9H2,1H3. The van der Waals surface area contributed by atoms with Gasteiger partial charge in [-0.15, -0.1) is 0 Å². The van der Waals surface area contributed by atoms with Gasteiger partial charge in [-0.05, 0) is 37.5 Å². The molecule has 1 atom stereocenters. The molecule has 1 heterocycles. The Morgan fingerprint density at radius 2 is 2.06 bits per heavy atom. The van der Waals surface area contributed by atoms with Crippen molar-refractivity contribution in [1.29, 1.82) is 5.26 Å². The Kier molecular flexibility index (Phi) is 4.22. The lowest BCUT2D eigenvalue weighted by Gasteiger charge is -2.35. The predicted molar refractivity (Wildman–Crippen MR) is 73.5 cm³/mol. The van der Waals surface area contributed by atoms with Crippen molar-refractivity contribution in [2.75, 3.05) is 6.54 Å². The number of nitrogens with zero attached hydrogens (tertiary/aromatic N) is 3. The molecule has 0 radical (unpaired) electrons. The van der Waals surface area contributed by atoms with Crippen LogP contribution in [0.25, 0.3) is 0 Å². The molecule has 1 unspecified atom stereocenters. The summed E-state index contributed by atoms with van der Waals surface area (Å²) in [7, 11) is 0. The summed E-state index contributed by atoms with van der Waals surface area (Å²) in [4.78, 5) is 6.17. The van der Waals surface area contributed by atoms with Gasteiger partial charge < -0.3 is 4.90 Å². The van der Waals surface area contributed by atoms with Crippen molar-refractivity contribution in [3.05, 3.63) is 34.9 Å². The Bertz CT molecular complexity index is 473. The molecule has 2 rings (SSSR count). The van der Waals surface area contributed by atoms with Crippen LogP contribution in [0.4, 0.5) is 0 Å². The van der Waals surface area contributed by atoms with Gasteiger partial charge in [-0.1, -0.05) is 23.7 Å². The van der Waals surface area contributed by atoms with Gasteiger partial charge in [0, 0.05) is 18.0 Å². The number of hydrogen-bond donors (Lipinski definition) is 0. The van der Waals surface area contributed by atoms with E-state index < -0.39 is 0 Å². The number of rotatable bonds is 2. The highest BCUT2D eigenvalue weighted by Gasteiger charge is 2.22. The van der Waals surface area contributed by atoms with Gasteiger partial charge in [-0.25, -0.2) is 0 Å².